The molecule has 4 heterocycles. The van der Waals surface area contributed by atoms with Gasteiger partial charge in [0.15, 0.2) is 16.9 Å². The lowest BCUT2D eigenvalue weighted by Gasteiger charge is -2.06. The highest BCUT2D eigenvalue weighted by Gasteiger charge is 2.18. The van der Waals surface area contributed by atoms with Crippen molar-refractivity contribution < 1.29 is 14.3 Å². The third-order valence-corrected chi connectivity index (χ3v) is 4.02. The van der Waals surface area contributed by atoms with E-state index in [9.17, 15) is 0 Å². The number of anilines is 1. The lowest BCUT2D eigenvalue weighted by molar-refractivity contribution is 0.0796. The molecule has 10 heteroatoms. The first kappa shape index (κ1) is 18.0. The Kier molecular flexibility index (Phi) is 4.96. The normalized spacial score (nSPS) is 11.4. The van der Waals surface area contributed by atoms with Gasteiger partial charge in [-0.15, -0.1) is 5.10 Å². The van der Waals surface area contributed by atoms with Crippen LogP contribution in [0.4, 0.5) is 5.95 Å². The first-order valence-corrected chi connectivity index (χ1v) is 8.71. The van der Waals surface area contributed by atoms with Crippen molar-refractivity contribution in [3.8, 4) is 11.5 Å². The monoisotopic (exact) mass is 381 g/mol. The second kappa shape index (κ2) is 7.71. The minimum atomic E-state index is -0.0245. The number of rotatable bonds is 7. The van der Waals surface area contributed by atoms with Crippen LogP contribution in [0.1, 0.15) is 17.1 Å². The van der Waals surface area contributed by atoms with Gasteiger partial charge in [0.2, 0.25) is 5.95 Å². The Labute approximate surface area is 160 Å². The van der Waals surface area contributed by atoms with Gasteiger partial charge in [-0.2, -0.15) is 4.98 Å². The summed E-state index contributed by atoms with van der Waals surface area (Å²) in [4.78, 5) is 13.1. The number of hydrogen-bond donors (Lipinski definition) is 2. The number of aryl methyl sites for hydroxylation is 1. The van der Waals surface area contributed by atoms with Gasteiger partial charge < -0.3 is 20.0 Å². The molecule has 0 saturated heterocycles. The van der Waals surface area contributed by atoms with Crippen LogP contribution in [-0.2, 0) is 17.9 Å². The van der Waals surface area contributed by atoms with Gasteiger partial charge in [-0.3, -0.25) is 4.98 Å². The number of aliphatic hydroxyl groups is 1. The van der Waals surface area contributed by atoms with Gasteiger partial charge in [-0.05, 0) is 31.2 Å². The molecular formula is C18H19N7O3. The lowest BCUT2D eigenvalue weighted by atomic mass is 10.3. The Morgan fingerprint density at radius 2 is 2.00 bits per heavy atom. The maximum absolute atomic E-state index is 8.81. The van der Waals surface area contributed by atoms with E-state index in [0.717, 1.165) is 17.1 Å². The number of ether oxygens (including phenoxy) is 1. The van der Waals surface area contributed by atoms with Crippen molar-refractivity contribution in [1.82, 2.24) is 29.9 Å². The van der Waals surface area contributed by atoms with Crippen molar-refractivity contribution in [3.05, 3.63) is 47.5 Å². The molecule has 4 aromatic rings. The number of fused-ring (bicyclic) bond motifs is 1. The number of pyridine rings is 1. The summed E-state index contributed by atoms with van der Waals surface area (Å²) in [5, 5.41) is 17.2. The molecule has 4 rings (SSSR count). The van der Waals surface area contributed by atoms with Crippen LogP contribution in [0.25, 0.3) is 22.6 Å². The number of furan rings is 1. The fraction of sp³-hybridized carbons (Fsp3) is 0.278. The van der Waals surface area contributed by atoms with Gasteiger partial charge >= 0.3 is 0 Å². The van der Waals surface area contributed by atoms with Crippen LogP contribution in [0.5, 0.6) is 0 Å². The maximum Gasteiger partial charge on any atom is 0.222 e. The Morgan fingerprint density at radius 3 is 2.79 bits per heavy atom. The standard InChI is InChI=1S/C18H19N7O3/c1-11-5-6-14(28-11)15-16-17(22-18(19)21-15)25(24-23-16)9-12-3-2-4-13(20-12)10-27-8-7-26/h2-6,26H,7-10H2,1H3,(H2,19,21,22). The predicted octanol–water partition coefficient (Wildman–Crippen LogP) is 1.32. The van der Waals surface area contributed by atoms with Crippen molar-refractivity contribution in [3.63, 3.8) is 0 Å². The van der Waals surface area contributed by atoms with Gasteiger partial charge in [-0.1, -0.05) is 11.3 Å². The quantitative estimate of drug-likeness (QED) is 0.454. The summed E-state index contributed by atoms with van der Waals surface area (Å²) in [6.07, 6.45) is 0. The van der Waals surface area contributed by atoms with E-state index in [1.54, 1.807) is 4.68 Å². The third-order valence-electron chi connectivity index (χ3n) is 4.02. The van der Waals surface area contributed by atoms with Crippen LogP contribution >= 0.6 is 0 Å². The average molecular weight is 381 g/mol. The molecule has 0 unspecified atom stereocenters. The number of nitrogens with zero attached hydrogens (tertiary/aromatic N) is 6. The molecule has 0 aromatic carbocycles. The molecule has 10 nitrogen and oxygen atoms in total. The van der Waals surface area contributed by atoms with Crippen LogP contribution in [-0.4, -0.2) is 48.3 Å². The van der Waals surface area contributed by atoms with E-state index >= 15 is 0 Å². The largest absolute Gasteiger partial charge is 0.460 e. The highest BCUT2D eigenvalue weighted by Crippen LogP contribution is 2.26. The molecule has 0 bridgehead atoms. The molecule has 0 radical (unpaired) electrons. The molecule has 144 valence electrons. The van der Waals surface area contributed by atoms with Gasteiger partial charge in [-0.25, -0.2) is 9.67 Å². The fourth-order valence-corrected chi connectivity index (χ4v) is 2.81. The number of nitrogen functional groups attached to an aromatic ring is 1. The van der Waals surface area contributed by atoms with Gasteiger partial charge in [0, 0.05) is 0 Å². The molecule has 0 aliphatic heterocycles. The number of aliphatic hydroxyl groups excluding tert-OH is 1. The molecule has 0 saturated carbocycles. The van der Waals surface area contributed by atoms with Crippen LogP contribution in [0.15, 0.2) is 34.7 Å². The average Bonchev–Trinajstić information content (AvgIpc) is 3.28. The highest BCUT2D eigenvalue weighted by molar-refractivity contribution is 5.86. The number of aromatic nitrogens is 6. The second-order valence-electron chi connectivity index (χ2n) is 6.16. The van der Waals surface area contributed by atoms with Crippen LogP contribution in [0.2, 0.25) is 0 Å². The van der Waals surface area contributed by atoms with E-state index < -0.39 is 0 Å². The van der Waals surface area contributed by atoms with E-state index in [4.69, 9.17) is 20.0 Å². The molecule has 0 aliphatic carbocycles. The molecular weight excluding hydrogens is 362 g/mol. The number of hydrogen-bond acceptors (Lipinski definition) is 9. The fourth-order valence-electron chi connectivity index (χ4n) is 2.81. The molecule has 0 fully saturated rings. The summed E-state index contributed by atoms with van der Waals surface area (Å²) >= 11 is 0. The van der Waals surface area contributed by atoms with Crippen molar-refractivity contribution in [2.24, 2.45) is 0 Å². The minimum absolute atomic E-state index is 0.0245. The molecule has 0 amide bonds. The van der Waals surface area contributed by atoms with Crippen LogP contribution < -0.4 is 5.73 Å². The van der Waals surface area contributed by atoms with Crippen molar-refractivity contribution >= 4 is 17.1 Å². The van der Waals surface area contributed by atoms with E-state index in [2.05, 4.69) is 25.3 Å². The van der Waals surface area contributed by atoms with Crippen LogP contribution in [0.3, 0.4) is 0 Å². The first-order chi connectivity index (χ1) is 13.6. The summed E-state index contributed by atoms with van der Waals surface area (Å²) in [6, 6.07) is 9.28. The van der Waals surface area contributed by atoms with E-state index in [1.165, 1.54) is 0 Å². The zero-order valence-corrected chi connectivity index (χ0v) is 15.2. The topological polar surface area (TPSA) is 138 Å². The highest BCUT2D eigenvalue weighted by atomic mass is 16.5. The molecule has 4 aromatic heterocycles. The summed E-state index contributed by atoms with van der Waals surface area (Å²) in [6.45, 7) is 2.78. The summed E-state index contributed by atoms with van der Waals surface area (Å²) < 4.78 is 12.6. The summed E-state index contributed by atoms with van der Waals surface area (Å²) in [5.41, 5.74) is 8.93. The smallest absolute Gasteiger partial charge is 0.222 e. The van der Waals surface area contributed by atoms with Gasteiger partial charge in [0.05, 0.1) is 37.8 Å². The van der Waals surface area contributed by atoms with Gasteiger partial charge in [0.25, 0.3) is 0 Å². The molecule has 28 heavy (non-hydrogen) atoms. The van der Waals surface area contributed by atoms with Crippen molar-refractivity contribution in [2.75, 3.05) is 18.9 Å². The molecule has 0 atom stereocenters. The van der Waals surface area contributed by atoms with Gasteiger partial charge in [0.1, 0.15) is 11.5 Å². The lowest BCUT2D eigenvalue weighted by Crippen LogP contribution is -2.08. The van der Waals surface area contributed by atoms with Crippen LogP contribution in [0, 0.1) is 6.92 Å². The van der Waals surface area contributed by atoms with E-state index in [0.29, 0.717) is 35.8 Å². The molecule has 3 N–H and O–H groups in total. The second-order valence-corrected chi connectivity index (χ2v) is 6.16. The van der Waals surface area contributed by atoms with Crippen molar-refractivity contribution in [2.45, 2.75) is 20.1 Å². The molecule has 0 spiro atoms. The first-order valence-electron chi connectivity index (χ1n) is 8.71. The Bertz CT molecular complexity index is 1110. The van der Waals surface area contributed by atoms with Crippen molar-refractivity contribution in [1.29, 1.82) is 0 Å². The molecule has 0 aliphatic rings. The predicted molar refractivity (Wildman–Crippen MR) is 100 cm³/mol. The zero-order chi connectivity index (χ0) is 19.5. The maximum atomic E-state index is 8.81. The SMILES string of the molecule is Cc1ccc(-c2nc(N)nc3c2nnn3Cc2cccc(COCCO)n2)o1. The Hall–Kier alpha value is -3.37. The third kappa shape index (κ3) is 3.68. The Morgan fingerprint density at radius 1 is 1.14 bits per heavy atom. The Balaban J connectivity index is 1.65. The van der Waals surface area contributed by atoms with E-state index in [1.807, 2.05) is 37.3 Å². The summed E-state index contributed by atoms with van der Waals surface area (Å²) in [5.74, 6) is 1.43. The minimum Gasteiger partial charge on any atom is -0.460 e. The zero-order valence-electron chi connectivity index (χ0n) is 15.2. The number of nitrogens with two attached hydrogens (primary N) is 1. The van der Waals surface area contributed by atoms with E-state index in [-0.39, 0.29) is 19.2 Å². The summed E-state index contributed by atoms with van der Waals surface area (Å²) in [7, 11) is 0.